The molecule has 110 valence electrons. The smallest absolute Gasteiger partial charge is 0.308 e. The van der Waals surface area contributed by atoms with Crippen LogP contribution < -0.4 is 0 Å². The fraction of sp³-hybridized carbons (Fsp3) is 0.615. The van der Waals surface area contributed by atoms with Crippen LogP contribution in [0.5, 0.6) is 0 Å². The molecule has 0 bridgehead atoms. The summed E-state index contributed by atoms with van der Waals surface area (Å²) in [6, 6.07) is 0. The van der Waals surface area contributed by atoms with Crippen LogP contribution in [0.1, 0.15) is 22.0 Å². The van der Waals surface area contributed by atoms with Crippen molar-refractivity contribution >= 4 is 23.3 Å². The highest BCUT2D eigenvalue weighted by atomic mass is 32.1. The van der Waals surface area contributed by atoms with Gasteiger partial charge in [-0.1, -0.05) is 0 Å². The summed E-state index contributed by atoms with van der Waals surface area (Å²) in [5.41, 5.74) is 1.00. The second-order valence-corrected chi connectivity index (χ2v) is 6.45. The Balaban J connectivity index is 2.05. The summed E-state index contributed by atoms with van der Waals surface area (Å²) < 4.78 is 0. The summed E-state index contributed by atoms with van der Waals surface area (Å²) in [6.07, 6.45) is 0.371. The number of carboxylic acid groups (broad SMARTS) is 2. The molecule has 1 aromatic heterocycles. The predicted octanol–water partition coefficient (Wildman–Crippen LogP) is 1.37. The number of likely N-dealkylation sites (tertiary alicyclic amines) is 1. The van der Waals surface area contributed by atoms with E-state index in [9.17, 15) is 14.7 Å². The third-order valence-electron chi connectivity index (χ3n) is 3.76. The zero-order chi connectivity index (χ0) is 14.9. The standard InChI is InChI=1S/C13H18N2O4S/c1-7-8(2)20-11(14-7)6-15-4-3-9(12(16)17)10(5-15)13(18)19/h9-10H,3-6H2,1-2H3,(H,16,17)(H,18,19). The molecule has 0 aromatic carbocycles. The van der Waals surface area contributed by atoms with Gasteiger partial charge in [-0.05, 0) is 26.8 Å². The van der Waals surface area contributed by atoms with Gasteiger partial charge >= 0.3 is 11.9 Å². The van der Waals surface area contributed by atoms with E-state index in [0.717, 1.165) is 15.6 Å². The molecule has 2 heterocycles. The Kier molecular flexibility index (Phi) is 4.39. The molecule has 2 rings (SSSR count). The van der Waals surface area contributed by atoms with Crippen molar-refractivity contribution in [2.45, 2.75) is 26.8 Å². The Morgan fingerprint density at radius 2 is 1.95 bits per heavy atom. The number of piperidine rings is 1. The second kappa shape index (κ2) is 5.88. The van der Waals surface area contributed by atoms with Crippen LogP contribution >= 0.6 is 11.3 Å². The lowest BCUT2D eigenvalue weighted by atomic mass is 9.85. The van der Waals surface area contributed by atoms with Gasteiger partial charge in [-0.25, -0.2) is 4.98 Å². The summed E-state index contributed by atoms with van der Waals surface area (Å²) >= 11 is 1.61. The van der Waals surface area contributed by atoms with Crippen molar-refractivity contribution < 1.29 is 19.8 Å². The molecule has 1 aliphatic rings. The normalized spacial score (nSPS) is 23.7. The van der Waals surface area contributed by atoms with E-state index in [0.29, 0.717) is 19.5 Å². The zero-order valence-corrected chi connectivity index (χ0v) is 12.3. The minimum atomic E-state index is -1.03. The van der Waals surface area contributed by atoms with Crippen LogP contribution in [0.15, 0.2) is 0 Å². The predicted molar refractivity (Wildman–Crippen MR) is 73.7 cm³/mol. The molecule has 0 spiro atoms. The minimum absolute atomic E-state index is 0.268. The highest BCUT2D eigenvalue weighted by Crippen LogP contribution is 2.26. The SMILES string of the molecule is Cc1nc(CN2CCC(C(=O)O)C(C(=O)O)C2)sc1C. The van der Waals surface area contributed by atoms with Gasteiger partial charge in [-0.15, -0.1) is 11.3 Å². The molecule has 1 aliphatic heterocycles. The molecule has 0 aliphatic carbocycles. The molecule has 0 amide bonds. The molecule has 0 saturated carbocycles. The van der Waals surface area contributed by atoms with Crippen LogP contribution in [-0.2, 0) is 16.1 Å². The average Bonchev–Trinajstić information content (AvgIpc) is 2.67. The van der Waals surface area contributed by atoms with E-state index in [-0.39, 0.29) is 6.54 Å². The lowest BCUT2D eigenvalue weighted by Crippen LogP contribution is -2.46. The molecule has 1 saturated heterocycles. The number of aromatic nitrogens is 1. The highest BCUT2D eigenvalue weighted by Gasteiger charge is 2.38. The third-order valence-corrected chi connectivity index (χ3v) is 4.82. The van der Waals surface area contributed by atoms with E-state index in [4.69, 9.17) is 5.11 Å². The van der Waals surface area contributed by atoms with E-state index in [1.54, 1.807) is 11.3 Å². The van der Waals surface area contributed by atoms with Crippen molar-refractivity contribution in [3.05, 3.63) is 15.6 Å². The number of hydrogen-bond acceptors (Lipinski definition) is 5. The van der Waals surface area contributed by atoms with Gasteiger partial charge in [-0.2, -0.15) is 0 Å². The summed E-state index contributed by atoms with van der Waals surface area (Å²) in [7, 11) is 0. The molecular weight excluding hydrogens is 280 g/mol. The maximum atomic E-state index is 11.2. The topological polar surface area (TPSA) is 90.7 Å². The molecule has 0 radical (unpaired) electrons. The van der Waals surface area contributed by atoms with E-state index in [1.807, 2.05) is 18.7 Å². The summed E-state index contributed by atoms with van der Waals surface area (Å²) in [5, 5.41) is 19.2. The van der Waals surface area contributed by atoms with E-state index >= 15 is 0 Å². The lowest BCUT2D eigenvalue weighted by molar-refractivity contribution is -0.157. The minimum Gasteiger partial charge on any atom is -0.481 e. The van der Waals surface area contributed by atoms with Crippen molar-refractivity contribution in [1.29, 1.82) is 0 Å². The van der Waals surface area contributed by atoms with Crippen molar-refractivity contribution in [3.8, 4) is 0 Å². The quantitative estimate of drug-likeness (QED) is 0.872. The first-order valence-corrected chi connectivity index (χ1v) is 7.31. The van der Waals surface area contributed by atoms with Crippen LogP contribution in [0.3, 0.4) is 0 Å². The molecular formula is C13H18N2O4S. The van der Waals surface area contributed by atoms with Crippen molar-refractivity contribution in [3.63, 3.8) is 0 Å². The number of rotatable bonds is 4. The van der Waals surface area contributed by atoms with Crippen molar-refractivity contribution in [2.75, 3.05) is 13.1 Å². The fourth-order valence-corrected chi connectivity index (χ4v) is 3.48. The van der Waals surface area contributed by atoms with Gasteiger partial charge in [-0.3, -0.25) is 14.5 Å². The summed E-state index contributed by atoms with van der Waals surface area (Å²) in [4.78, 5) is 29.9. The Bertz CT molecular complexity index is 509. The summed E-state index contributed by atoms with van der Waals surface area (Å²) in [5.74, 6) is -3.68. The molecule has 2 unspecified atom stereocenters. The van der Waals surface area contributed by atoms with Crippen molar-refractivity contribution in [1.82, 2.24) is 9.88 Å². The molecule has 2 atom stereocenters. The van der Waals surface area contributed by atoms with E-state index in [2.05, 4.69) is 4.98 Å². The van der Waals surface area contributed by atoms with Gasteiger partial charge < -0.3 is 10.2 Å². The Morgan fingerprint density at radius 1 is 1.30 bits per heavy atom. The van der Waals surface area contributed by atoms with Crippen LogP contribution in [0.2, 0.25) is 0 Å². The zero-order valence-electron chi connectivity index (χ0n) is 11.5. The Labute approximate surface area is 121 Å². The number of carbonyl (C=O) groups is 2. The van der Waals surface area contributed by atoms with E-state index in [1.165, 1.54) is 0 Å². The number of nitrogens with zero attached hydrogens (tertiary/aromatic N) is 2. The summed E-state index contributed by atoms with van der Waals surface area (Å²) in [6.45, 7) is 5.41. The second-order valence-electron chi connectivity index (χ2n) is 5.16. The maximum Gasteiger partial charge on any atom is 0.308 e. The fourth-order valence-electron chi connectivity index (χ4n) is 2.51. The largest absolute Gasteiger partial charge is 0.481 e. The monoisotopic (exact) mass is 298 g/mol. The molecule has 1 fully saturated rings. The number of hydrogen-bond donors (Lipinski definition) is 2. The number of aryl methyl sites for hydroxylation is 2. The van der Waals surface area contributed by atoms with Gasteiger partial charge in [0.15, 0.2) is 0 Å². The third kappa shape index (κ3) is 3.16. The Hall–Kier alpha value is -1.47. The number of aliphatic carboxylic acids is 2. The van der Waals surface area contributed by atoms with E-state index < -0.39 is 23.8 Å². The first-order chi connectivity index (χ1) is 9.38. The first kappa shape index (κ1) is 14.9. The van der Waals surface area contributed by atoms with Gasteiger partial charge in [0.25, 0.3) is 0 Å². The molecule has 2 N–H and O–H groups in total. The average molecular weight is 298 g/mol. The van der Waals surface area contributed by atoms with Gasteiger partial charge in [0.05, 0.1) is 24.1 Å². The highest BCUT2D eigenvalue weighted by molar-refractivity contribution is 7.11. The molecule has 20 heavy (non-hydrogen) atoms. The van der Waals surface area contributed by atoms with Gasteiger partial charge in [0, 0.05) is 11.4 Å². The number of thiazole rings is 1. The van der Waals surface area contributed by atoms with Crippen LogP contribution in [0, 0.1) is 25.7 Å². The Morgan fingerprint density at radius 3 is 2.45 bits per heavy atom. The first-order valence-electron chi connectivity index (χ1n) is 6.49. The maximum absolute atomic E-state index is 11.2. The lowest BCUT2D eigenvalue weighted by Gasteiger charge is -2.33. The van der Waals surface area contributed by atoms with Crippen LogP contribution in [0.25, 0.3) is 0 Å². The van der Waals surface area contributed by atoms with Crippen molar-refractivity contribution in [2.24, 2.45) is 11.8 Å². The molecule has 7 heteroatoms. The number of carboxylic acids is 2. The van der Waals surface area contributed by atoms with Crippen LogP contribution in [0.4, 0.5) is 0 Å². The molecule has 6 nitrogen and oxygen atoms in total. The van der Waals surface area contributed by atoms with Gasteiger partial charge in [0.2, 0.25) is 0 Å². The van der Waals surface area contributed by atoms with Gasteiger partial charge in [0.1, 0.15) is 5.01 Å². The molecule has 1 aromatic rings. The van der Waals surface area contributed by atoms with Crippen LogP contribution in [-0.4, -0.2) is 45.1 Å².